The van der Waals surface area contributed by atoms with Crippen LogP contribution in [-0.2, 0) is 47.8 Å². The van der Waals surface area contributed by atoms with Gasteiger partial charge in [-0.3, -0.25) is 9.35 Å². The van der Waals surface area contributed by atoms with Crippen molar-refractivity contribution in [1.82, 2.24) is 0 Å². The quantitative estimate of drug-likeness (QED) is 0.0905. The molecule has 6 fully saturated rings. The average Bonchev–Trinajstić information content (AvgIpc) is 3.57. The minimum Gasteiger partial charge on any atom is -0.389 e. The Kier molecular flexibility index (Phi) is 14.9. The third kappa shape index (κ3) is 9.79. The topological polar surface area (TPSA) is 298 Å². The number of fused-ring (bicyclic) bond motifs is 5. The van der Waals surface area contributed by atoms with Crippen LogP contribution >= 0.6 is 0 Å². The Hall–Kier alpha value is -1.28. The number of hydrogen-bond donors (Lipinski definition) is 9. The van der Waals surface area contributed by atoms with Crippen LogP contribution < -0.4 is 0 Å². The van der Waals surface area contributed by atoms with E-state index >= 15 is 0 Å². The Bertz CT molecular complexity index is 1800. The number of ether oxygens (including phenoxy) is 6. The van der Waals surface area contributed by atoms with Crippen molar-refractivity contribution >= 4 is 16.2 Å². The number of ketones is 1. The van der Waals surface area contributed by atoms with Crippen LogP contribution in [0.25, 0.3) is 0 Å². The Morgan fingerprint density at radius 3 is 2.12 bits per heavy atom. The second kappa shape index (κ2) is 18.9. The van der Waals surface area contributed by atoms with E-state index in [0.29, 0.717) is 38.5 Å². The number of aliphatic hydroxyl groups is 8. The lowest BCUT2D eigenvalue weighted by molar-refractivity contribution is -0.379. The summed E-state index contributed by atoms with van der Waals surface area (Å²) in [4.78, 5) is 13.1. The van der Waals surface area contributed by atoms with E-state index in [4.69, 9.17) is 32.6 Å². The van der Waals surface area contributed by atoms with Crippen LogP contribution in [-0.4, -0.2) is 170 Å². The molecule has 7 aliphatic rings. The first-order chi connectivity index (χ1) is 29.8. The summed E-state index contributed by atoms with van der Waals surface area (Å²) < 4.78 is 75.0. The molecular formula is C44H72O19S. The molecule has 368 valence electrons. The molecule has 0 aromatic carbocycles. The molecule has 0 aromatic heterocycles. The highest BCUT2D eigenvalue weighted by Gasteiger charge is 2.63. The summed E-state index contributed by atoms with van der Waals surface area (Å²) >= 11 is 0. The first-order valence-corrected chi connectivity index (χ1v) is 24.4. The fourth-order valence-electron chi connectivity index (χ4n) is 12.9. The predicted molar refractivity (Wildman–Crippen MR) is 222 cm³/mol. The summed E-state index contributed by atoms with van der Waals surface area (Å²) in [5, 5.41) is 88.3. The number of rotatable bonds is 13. The maximum absolute atomic E-state index is 13.1. The van der Waals surface area contributed by atoms with Crippen molar-refractivity contribution in [2.45, 2.75) is 210 Å². The zero-order valence-electron chi connectivity index (χ0n) is 37.8. The van der Waals surface area contributed by atoms with Crippen LogP contribution in [0.3, 0.4) is 0 Å². The molecule has 0 bridgehead atoms. The number of hydrogen-bond acceptors (Lipinski definition) is 18. The number of carbonyl (C=O) groups excluding carboxylic acids is 1. The molecular weight excluding hydrogens is 865 g/mol. The molecule has 0 amide bonds. The van der Waals surface area contributed by atoms with Crippen molar-refractivity contribution in [3.05, 3.63) is 11.6 Å². The lowest BCUT2D eigenvalue weighted by atomic mass is 9.47. The van der Waals surface area contributed by atoms with E-state index in [9.17, 15) is 58.6 Å². The molecule has 0 radical (unpaired) electrons. The molecule has 9 N–H and O–H groups in total. The van der Waals surface area contributed by atoms with Crippen molar-refractivity contribution < 1.29 is 91.2 Å². The van der Waals surface area contributed by atoms with Crippen molar-refractivity contribution in [2.75, 3.05) is 6.61 Å². The van der Waals surface area contributed by atoms with Crippen LogP contribution in [0.1, 0.15) is 106 Å². The van der Waals surface area contributed by atoms with Crippen LogP contribution in [0, 0.1) is 40.4 Å². The van der Waals surface area contributed by atoms with E-state index in [1.54, 1.807) is 13.8 Å². The van der Waals surface area contributed by atoms with Crippen molar-refractivity contribution in [2.24, 2.45) is 40.4 Å². The van der Waals surface area contributed by atoms with Gasteiger partial charge in [0.1, 0.15) is 60.7 Å². The third-order valence-corrected chi connectivity index (χ3v) is 16.6. The number of allylic oxidation sites excluding steroid dienone is 2. The van der Waals surface area contributed by atoms with Gasteiger partial charge in [0.2, 0.25) is 0 Å². The van der Waals surface area contributed by atoms with Crippen LogP contribution in [0.5, 0.6) is 0 Å². The van der Waals surface area contributed by atoms with E-state index < -0.39 is 132 Å². The smallest absolute Gasteiger partial charge is 0.389 e. The Morgan fingerprint density at radius 2 is 1.47 bits per heavy atom. The van der Waals surface area contributed by atoms with Gasteiger partial charge >= 0.3 is 10.4 Å². The molecule has 19 nitrogen and oxygen atoms in total. The molecule has 3 heterocycles. The van der Waals surface area contributed by atoms with Crippen LogP contribution in [0.4, 0.5) is 0 Å². The fraction of sp³-hybridized carbons (Fsp3) is 0.932. The molecule has 23 atom stereocenters. The monoisotopic (exact) mass is 936 g/mol. The highest BCUT2D eigenvalue weighted by molar-refractivity contribution is 7.80. The van der Waals surface area contributed by atoms with E-state index in [2.05, 4.69) is 19.9 Å². The van der Waals surface area contributed by atoms with Crippen LogP contribution in [0.15, 0.2) is 11.6 Å². The molecule has 64 heavy (non-hydrogen) atoms. The Morgan fingerprint density at radius 1 is 0.828 bits per heavy atom. The zero-order chi connectivity index (χ0) is 47.0. The molecule has 3 saturated heterocycles. The molecule has 20 heteroatoms. The lowest BCUT2D eigenvalue weighted by Crippen LogP contribution is -2.65. The minimum absolute atomic E-state index is 0.0243. The molecule has 0 unspecified atom stereocenters. The zero-order valence-corrected chi connectivity index (χ0v) is 38.6. The summed E-state index contributed by atoms with van der Waals surface area (Å²) in [6.45, 7) is 12.6. The molecule has 0 spiro atoms. The molecule has 3 aliphatic heterocycles. The summed E-state index contributed by atoms with van der Waals surface area (Å²) in [5.41, 5.74) is -0.951. The summed E-state index contributed by atoms with van der Waals surface area (Å²) in [7, 11) is -4.79. The second-order valence-electron chi connectivity index (χ2n) is 21.1. The number of carbonyl (C=O) groups is 1. The molecule has 7 rings (SSSR count). The van der Waals surface area contributed by atoms with Gasteiger partial charge in [-0.25, -0.2) is 4.18 Å². The maximum atomic E-state index is 13.1. The van der Waals surface area contributed by atoms with E-state index in [-0.39, 0.29) is 47.7 Å². The van der Waals surface area contributed by atoms with E-state index in [0.717, 1.165) is 6.42 Å². The van der Waals surface area contributed by atoms with Gasteiger partial charge in [-0.05, 0) is 106 Å². The van der Waals surface area contributed by atoms with Gasteiger partial charge in [-0.15, -0.1) is 0 Å². The Balaban J connectivity index is 1.15. The van der Waals surface area contributed by atoms with Gasteiger partial charge in [0.15, 0.2) is 18.9 Å². The van der Waals surface area contributed by atoms with Gasteiger partial charge in [0, 0.05) is 12.8 Å². The van der Waals surface area contributed by atoms with Gasteiger partial charge in [-0.2, -0.15) is 8.42 Å². The SMILES string of the molecule is CC(C)CC(=O)C[C@](C)(O)[C@H]1CC[C@H]2[C@@H]3C[C@H](O[C@@H]4O[C@H](C)[C@@H](O)[C@H](O[C@@H]5OC[C@@H](O)[C@H](O)[C@H]5O[C@@H]5O[C@H](C)[C@@H](O)[C@H](O)[C@H]5O)[C@H]4O)[C@H]4C[C@@H](OS(=O)(=O)O)CC[C@]4(C)C3=CC[C@@]21C. The standard InChI is InChI=1S/C44H72O19S/c1-19(2)14-22(45)17-44(7,53)30-9-8-25-24-16-29(27-15-23(63-64(54,55)56)10-12-42(27,5)26(24)11-13-43(25,30)6)60-40-36(52)37(32(48)21(4)59-40)61-41-38(33(49)28(46)18-57-41)62-39-35(51)34(50)31(47)20(3)58-39/h11,19-21,23-25,27-41,46-53H,8-10,12-18H2,1-7H3,(H,54,55,56)/t20-,21-,23+,24+,25+,27-,28-,29+,30+,31-,32-,33+,34+,35-,36-,37+,38-,39+,40+,41+,42-,43+,44+/m1/s1. The average molecular weight is 937 g/mol. The summed E-state index contributed by atoms with van der Waals surface area (Å²) in [6.07, 6.45) is -16.4. The van der Waals surface area contributed by atoms with Gasteiger partial charge in [0.25, 0.3) is 0 Å². The van der Waals surface area contributed by atoms with Crippen molar-refractivity contribution in [1.29, 1.82) is 0 Å². The maximum Gasteiger partial charge on any atom is 0.397 e. The summed E-state index contributed by atoms with van der Waals surface area (Å²) in [6, 6.07) is 0. The molecule has 3 saturated carbocycles. The number of aliphatic hydroxyl groups excluding tert-OH is 7. The lowest BCUT2D eigenvalue weighted by Gasteiger charge is -2.60. The van der Waals surface area contributed by atoms with E-state index in [1.807, 2.05) is 13.8 Å². The highest BCUT2D eigenvalue weighted by Crippen LogP contribution is 2.67. The van der Waals surface area contributed by atoms with Gasteiger partial charge in [0.05, 0.1) is 36.6 Å². The number of Topliss-reactive ketones (excluding diaryl/α,β-unsaturated/α-hetero) is 1. The second-order valence-corrected chi connectivity index (χ2v) is 22.1. The first-order valence-electron chi connectivity index (χ1n) is 23.0. The molecule has 0 aromatic rings. The first kappa shape index (κ1) is 50.6. The largest absolute Gasteiger partial charge is 0.397 e. The van der Waals surface area contributed by atoms with Crippen molar-refractivity contribution in [3.63, 3.8) is 0 Å². The normalized spacial score (nSPS) is 49.6. The van der Waals surface area contributed by atoms with Crippen LogP contribution in [0.2, 0.25) is 0 Å². The minimum atomic E-state index is -4.79. The highest BCUT2D eigenvalue weighted by atomic mass is 32.3. The van der Waals surface area contributed by atoms with Gasteiger partial charge < -0.3 is 69.3 Å². The predicted octanol–water partition coefficient (Wildman–Crippen LogP) is 0.647. The van der Waals surface area contributed by atoms with Crippen molar-refractivity contribution in [3.8, 4) is 0 Å². The van der Waals surface area contributed by atoms with Gasteiger partial charge in [-0.1, -0.05) is 39.3 Å². The third-order valence-electron chi connectivity index (χ3n) is 16.1. The summed E-state index contributed by atoms with van der Waals surface area (Å²) in [5.74, 6) is -0.365. The molecule has 4 aliphatic carbocycles. The fourth-order valence-corrected chi connectivity index (χ4v) is 13.4. The van der Waals surface area contributed by atoms with E-state index in [1.165, 1.54) is 12.5 Å². The Labute approximate surface area is 375 Å².